The molecule has 0 saturated heterocycles. The smallest absolute Gasteiger partial charge is 0.0748 e. The van der Waals surface area contributed by atoms with Gasteiger partial charge in [0.2, 0.25) is 0 Å². The Hall–Kier alpha value is -4.10. The van der Waals surface area contributed by atoms with E-state index < -0.39 is 5.41 Å². The number of rotatable bonds is 3. The van der Waals surface area contributed by atoms with E-state index in [0.29, 0.717) is 0 Å². The first-order chi connectivity index (χ1) is 15.9. The Bertz CT molecular complexity index is 1330. The molecule has 1 heterocycles. The minimum Gasteiger partial charge on any atom is -0.355 e. The summed E-state index contributed by atoms with van der Waals surface area (Å²) in [5, 5.41) is 3.74. The summed E-state index contributed by atoms with van der Waals surface area (Å²) in [6.07, 6.45) is 0. The third-order valence-corrected chi connectivity index (χ3v) is 6.48. The molecule has 0 atom stereocenters. The number of hydrogen-bond acceptors (Lipinski definition) is 1. The fourth-order valence-corrected chi connectivity index (χ4v) is 5.21. The second kappa shape index (κ2) is 7.55. The molecular formula is C31H22N. The van der Waals surface area contributed by atoms with Crippen molar-refractivity contribution >= 4 is 11.4 Å². The molecule has 151 valence electrons. The molecule has 0 bridgehead atoms. The monoisotopic (exact) mass is 408 g/mol. The Morgan fingerprint density at radius 3 is 1.81 bits per heavy atom. The summed E-state index contributed by atoms with van der Waals surface area (Å²) >= 11 is 0. The zero-order valence-electron chi connectivity index (χ0n) is 17.6. The number of benzene rings is 5. The van der Waals surface area contributed by atoms with Gasteiger partial charge < -0.3 is 5.32 Å². The summed E-state index contributed by atoms with van der Waals surface area (Å²) in [6.45, 7) is 0. The minimum absolute atomic E-state index is 0.449. The number of para-hydroxylation sites is 1. The molecule has 1 nitrogen and oxygen atoms in total. The van der Waals surface area contributed by atoms with Gasteiger partial charge in [-0.2, -0.15) is 0 Å². The van der Waals surface area contributed by atoms with Gasteiger partial charge in [-0.15, -0.1) is 0 Å². The van der Waals surface area contributed by atoms with Crippen molar-refractivity contribution in [2.24, 2.45) is 0 Å². The number of fused-ring (bicyclic) bond motifs is 2. The van der Waals surface area contributed by atoms with E-state index in [1.165, 1.54) is 33.4 Å². The molecule has 0 amide bonds. The van der Waals surface area contributed by atoms with E-state index in [4.69, 9.17) is 0 Å². The molecule has 0 fully saturated rings. The van der Waals surface area contributed by atoms with E-state index in [-0.39, 0.29) is 0 Å². The van der Waals surface area contributed by atoms with Crippen LogP contribution in [0.3, 0.4) is 0 Å². The molecule has 0 saturated carbocycles. The fraction of sp³-hybridized carbons (Fsp3) is 0.0323. The Balaban J connectivity index is 1.82. The maximum Gasteiger partial charge on any atom is 0.0748 e. The SMILES string of the molecule is [c]1ccc(-c2cccc3c2C(c2ccccc2)(c2ccccc2)c2ccccc2N3)cc1. The van der Waals surface area contributed by atoms with E-state index >= 15 is 0 Å². The van der Waals surface area contributed by atoms with E-state index in [9.17, 15) is 0 Å². The van der Waals surface area contributed by atoms with Gasteiger partial charge in [0, 0.05) is 16.9 Å². The van der Waals surface area contributed by atoms with Crippen LogP contribution >= 0.6 is 0 Å². The molecule has 5 aromatic rings. The van der Waals surface area contributed by atoms with Crippen LogP contribution in [0.2, 0.25) is 0 Å². The average molecular weight is 409 g/mol. The lowest BCUT2D eigenvalue weighted by Crippen LogP contribution is -2.35. The molecule has 1 N–H and O–H groups in total. The topological polar surface area (TPSA) is 12.0 Å². The molecular weight excluding hydrogens is 386 g/mol. The van der Waals surface area contributed by atoms with E-state index in [2.05, 4.69) is 127 Å². The van der Waals surface area contributed by atoms with Crippen LogP contribution in [0.4, 0.5) is 11.4 Å². The lowest BCUT2D eigenvalue weighted by atomic mass is 9.61. The van der Waals surface area contributed by atoms with Crippen LogP contribution in [-0.4, -0.2) is 0 Å². The molecule has 0 unspecified atom stereocenters. The molecule has 1 aliphatic rings. The molecule has 6 rings (SSSR count). The van der Waals surface area contributed by atoms with Crippen molar-refractivity contribution in [1.82, 2.24) is 0 Å². The number of hydrogen-bond donors (Lipinski definition) is 1. The Morgan fingerprint density at radius 2 is 1.12 bits per heavy atom. The maximum absolute atomic E-state index is 3.74. The molecule has 0 aromatic heterocycles. The maximum atomic E-state index is 3.74. The van der Waals surface area contributed by atoms with Crippen molar-refractivity contribution < 1.29 is 0 Å². The van der Waals surface area contributed by atoms with Crippen molar-refractivity contribution in [1.29, 1.82) is 0 Å². The van der Waals surface area contributed by atoms with Crippen LogP contribution in [0.15, 0.2) is 127 Å². The zero-order chi connectivity index (χ0) is 21.4. The normalized spacial score (nSPS) is 13.5. The second-order valence-electron chi connectivity index (χ2n) is 8.17. The van der Waals surface area contributed by atoms with Crippen LogP contribution in [0.5, 0.6) is 0 Å². The quantitative estimate of drug-likeness (QED) is 0.318. The number of nitrogens with one attached hydrogen (secondary N) is 1. The molecule has 0 spiro atoms. The van der Waals surface area contributed by atoms with E-state index in [0.717, 1.165) is 11.4 Å². The van der Waals surface area contributed by atoms with Crippen molar-refractivity contribution in [3.05, 3.63) is 156 Å². The predicted molar refractivity (Wildman–Crippen MR) is 132 cm³/mol. The fourth-order valence-electron chi connectivity index (χ4n) is 5.21. The highest BCUT2D eigenvalue weighted by Crippen LogP contribution is 2.56. The largest absolute Gasteiger partial charge is 0.355 e. The first kappa shape index (κ1) is 18.7. The summed E-state index contributed by atoms with van der Waals surface area (Å²) in [5.41, 5.74) is 9.32. The van der Waals surface area contributed by atoms with Gasteiger partial charge in [-0.05, 0) is 46.0 Å². The van der Waals surface area contributed by atoms with Gasteiger partial charge in [-0.1, -0.05) is 115 Å². The lowest BCUT2D eigenvalue weighted by Gasteiger charge is -2.43. The summed E-state index contributed by atoms with van der Waals surface area (Å²) < 4.78 is 0. The molecule has 0 aliphatic carbocycles. The molecule has 1 radical (unpaired) electrons. The van der Waals surface area contributed by atoms with E-state index in [1.807, 2.05) is 12.1 Å². The van der Waals surface area contributed by atoms with Crippen molar-refractivity contribution in [2.75, 3.05) is 5.32 Å². The van der Waals surface area contributed by atoms with Gasteiger partial charge in [0.1, 0.15) is 0 Å². The number of anilines is 2. The summed E-state index contributed by atoms with van der Waals surface area (Å²) in [7, 11) is 0. The first-order valence-electron chi connectivity index (χ1n) is 11.0. The summed E-state index contributed by atoms with van der Waals surface area (Å²) in [6, 6.07) is 48.5. The highest BCUT2D eigenvalue weighted by Gasteiger charge is 2.45. The third-order valence-electron chi connectivity index (χ3n) is 6.48. The molecule has 1 aliphatic heterocycles. The lowest BCUT2D eigenvalue weighted by molar-refractivity contribution is 0.742. The van der Waals surface area contributed by atoms with Gasteiger partial charge in [0.25, 0.3) is 0 Å². The Labute approximate surface area is 189 Å². The minimum atomic E-state index is -0.449. The van der Waals surface area contributed by atoms with Crippen LogP contribution < -0.4 is 5.32 Å². The molecule has 5 aromatic carbocycles. The van der Waals surface area contributed by atoms with E-state index in [1.54, 1.807) is 0 Å². The van der Waals surface area contributed by atoms with Gasteiger partial charge in [0.05, 0.1) is 5.41 Å². The zero-order valence-corrected chi connectivity index (χ0v) is 17.6. The predicted octanol–water partition coefficient (Wildman–Crippen LogP) is 7.59. The van der Waals surface area contributed by atoms with Crippen molar-refractivity contribution in [2.45, 2.75) is 5.41 Å². The van der Waals surface area contributed by atoms with Crippen molar-refractivity contribution in [3.8, 4) is 11.1 Å². The van der Waals surface area contributed by atoms with Crippen molar-refractivity contribution in [3.63, 3.8) is 0 Å². The molecule has 1 heteroatoms. The molecule has 32 heavy (non-hydrogen) atoms. The van der Waals surface area contributed by atoms with Gasteiger partial charge >= 0.3 is 0 Å². The standard InChI is InChI=1S/C31H22N/c1-4-13-23(14-5-1)26-19-12-22-29-30(26)31(24-15-6-2-7-16-24,25-17-8-3-9-18-25)27-20-10-11-21-28(27)32-29/h2-22,32H. The van der Waals surface area contributed by atoms with Crippen LogP contribution in [0, 0.1) is 6.07 Å². The first-order valence-corrected chi connectivity index (χ1v) is 11.0. The highest BCUT2D eigenvalue weighted by atomic mass is 14.9. The Morgan fingerprint density at radius 1 is 0.531 bits per heavy atom. The van der Waals surface area contributed by atoms with Gasteiger partial charge in [-0.3, -0.25) is 0 Å². The highest BCUT2D eigenvalue weighted by molar-refractivity contribution is 5.88. The van der Waals surface area contributed by atoms with Gasteiger partial charge in [-0.25, -0.2) is 0 Å². The summed E-state index contributed by atoms with van der Waals surface area (Å²) in [4.78, 5) is 0. The van der Waals surface area contributed by atoms with Crippen LogP contribution in [-0.2, 0) is 5.41 Å². The third kappa shape index (κ3) is 2.72. The van der Waals surface area contributed by atoms with Gasteiger partial charge in [0.15, 0.2) is 0 Å². The second-order valence-corrected chi connectivity index (χ2v) is 8.17. The van der Waals surface area contributed by atoms with Crippen LogP contribution in [0.25, 0.3) is 11.1 Å². The average Bonchev–Trinajstić information content (AvgIpc) is 2.88. The summed E-state index contributed by atoms with van der Waals surface area (Å²) in [5.74, 6) is 0. The van der Waals surface area contributed by atoms with Crippen LogP contribution in [0.1, 0.15) is 22.3 Å². The Kier molecular flexibility index (Phi) is 4.40.